The van der Waals surface area contributed by atoms with Crippen LogP contribution >= 0.6 is 11.3 Å². The first-order valence-corrected chi connectivity index (χ1v) is 9.62. The average molecular weight is 340 g/mol. The normalized spacial score (nSPS) is 24.7. The predicted molar refractivity (Wildman–Crippen MR) is 102 cm³/mol. The van der Waals surface area contributed by atoms with Crippen molar-refractivity contribution >= 4 is 17.0 Å². The molecule has 4 heteroatoms. The summed E-state index contributed by atoms with van der Waals surface area (Å²) < 4.78 is 0. The second-order valence-corrected chi connectivity index (χ2v) is 8.35. The molecule has 0 saturated heterocycles. The maximum Gasteiger partial charge on any atom is 0.107 e. The molecule has 0 radical (unpaired) electrons. The van der Waals surface area contributed by atoms with Crippen molar-refractivity contribution in [3.63, 3.8) is 0 Å². The van der Waals surface area contributed by atoms with Gasteiger partial charge in [-0.3, -0.25) is 0 Å². The van der Waals surface area contributed by atoms with Crippen molar-refractivity contribution in [3.05, 3.63) is 47.6 Å². The fourth-order valence-electron chi connectivity index (χ4n) is 3.94. The maximum atomic E-state index is 4.59. The lowest BCUT2D eigenvalue weighted by atomic mass is 9.94. The zero-order valence-corrected chi connectivity index (χ0v) is 15.2. The molecule has 126 valence electrons. The van der Waals surface area contributed by atoms with Crippen molar-refractivity contribution in [2.75, 3.05) is 25.5 Å². The van der Waals surface area contributed by atoms with Crippen LogP contribution in [-0.2, 0) is 6.54 Å². The number of rotatable bonds is 6. The molecule has 2 bridgehead atoms. The van der Waals surface area contributed by atoms with Gasteiger partial charge in [-0.15, -0.1) is 11.3 Å². The quantitative estimate of drug-likeness (QED) is 0.800. The van der Waals surface area contributed by atoms with Crippen molar-refractivity contribution in [1.29, 1.82) is 0 Å². The number of allylic oxidation sites excluding steroid dienone is 2. The van der Waals surface area contributed by atoms with E-state index in [0.717, 1.165) is 30.8 Å². The summed E-state index contributed by atoms with van der Waals surface area (Å²) in [5.74, 6) is 2.51. The molecule has 3 nitrogen and oxygen atoms in total. The molecule has 0 aliphatic heterocycles. The predicted octanol–water partition coefficient (Wildman–Crippen LogP) is 4.18. The molecule has 4 rings (SSSR count). The van der Waals surface area contributed by atoms with Gasteiger partial charge in [-0.1, -0.05) is 24.3 Å². The van der Waals surface area contributed by atoms with Gasteiger partial charge < -0.3 is 10.2 Å². The lowest BCUT2D eigenvalue weighted by Gasteiger charge is -2.18. The monoisotopic (exact) mass is 339 g/mol. The first-order chi connectivity index (χ1) is 11.7. The lowest BCUT2D eigenvalue weighted by Crippen LogP contribution is -2.24. The van der Waals surface area contributed by atoms with Gasteiger partial charge in [0.15, 0.2) is 0 Å². The Bertz CT molecular complexity index is 717. The molecule has 1 aromatic carbocycles. The summed E-state index contributed by atoms with van der Waals surface area (Å²) in [4.78, 5) is 7.97. The van der Waals surface area contributed by atoms with E-state index in [-0.39, 0.29) is 0 Å². The molecule has 1 fully saturated rings. The molecule has 1 aromatic heterocycles. The second kappa shape index (κ2) is 6.69. The van der Waals surface area contributed by atoms with E-state index in [1.807, 2.05) is 6.20 Å². The molecule has 24 heavy (non-hydrogen) atoms. The first-order valence-electron chi connectivity index (χ1n) is 8.80. The van der Waals surface area contributed by atoms with E-state index >= 15 is 0 Å². The third-order valence-electron chi connectivity index (χ3n) is 5.32. The molecule has 1 heterocycles. The minimum atomic E-state index is 0.824. The van der Waals surface area contributed by atoms with Crippen LogP contribution in [0.3, 0.4) is 0 Å². The third kappa shape index (κ3) is 3.26. The molecule has 1 saturated carbocycles. The molecular formula is C20H25N3S. The summed E-state index contributed by atoms with van der Waals surface area (Å²) in [5.41, 5.74) is 2.48. The Morgan fingerprint density at radius 2 is 2.00 bits per heavy atom. The van der Waals surface area contributed by atoms with Crippen molar-refractivity contribution in [1.82, 2.24) is 10.3 Å². The molecule has 3 unspecified atom stereocenters. The first kappa shape index (κ1) is 15.9. The van der Waals surface area contributed by atoms with E-state index in [9.17, 15) is 0 Å². The van der Waals surface area contributed by atoms with E-state index in [0.29, 0.717) is 0 Å². The van der Waals surface area contributed by atoms with Crippen molar-refractivity contribution in [2.24, 2.45) is 17.8 Å². The van der Waals surface area contributed by atoms with Gasteiger partial charge in [-0.05, 0) is 54.8 Å². The summed E-state index contributed by atoms with van der Waals surface area (Å²) in [6.07, 6.45) is 9.61. The highest BCUT2D eigenvalue weighted by Crippen LogP contribution is 2.43. The standard InChI is InChI=1S/C20H25N3S/c1-23(2)18-7-5-15(6-8-18)19-12-22-20(24-19)13-21-11-17-10-14-3-4-16(17)9-14/h3-8,12,14,16-17,21H,9-11,13H2,1-2H3. The fourth-order valence-corrected chi connectivity index (χ4v) is 4.84. The molecule has 0 spiro atoms. The van der Waals surface area contributed by atoms with Crippen molar-refractivity contribution in [2.45, 2.75) is 19.4 Å². The number of hydrogen-bond acceptors (Lipinski definition) is 4. The zero-order valence-electron chi connectivity index (χ0n) is 14.4. The van der Waals surface area contributed by atoms with Crippen LogP contribution in [0.5, 0.6) is 0 Å². The Kier molecular flexibility index (Phi) is 4.42. The van der Waals surface area contributed by atoms with Gasteiger partial charge in [0.25, 0.3) is 0 Å². The van der Waals surface area contributed by atoms with Gasteiger partial charge >= 0.3 is 0 Å². The largest absolute Gasteiger partial charge is 0.378 e. The number of aromatic nitrogens is 1. The van der Waals surface area contributed by atoms with Gasteiger partial charge in [0, 0.05) is 32.5 Å². The van der Waals surface area contributed by atoms with E-state index in [1.54, 1.807) is 11.3 Å². The molecule has 2 aromatic rings. The Morgan fingerprint density at radius 1 is 1.17 bits per heavy atom. The van der Waals surface area contributed by atoms with Gasteiger partial charge in [0.1, 0.15) is 5.01 Å². The topological polar surface area (TPSA) is 28.2 Å². The smallest absolute Gasteiger partial charge is 0.107 e. The highest BCUT2D eigenvalue weighted by molar-refractivity contribution is 7.15. The minimum Gasteiger partial charge on any atom is -0.378 e. The van der Waals surface area contributed by atoms with Crippen LogP contribution < -0.4 is 10.2 Å². The summed E-state index contributed by atoms with van der Waals surface area (Å²) in [6, 6.07) is 8.69. The Balaban J connectivity index is 1.32. The summed E-state index contributed by atoms with van der Waals surface area (Å²) in [7, 11) is 4.13. The number of nitrogens with zero attached hydrogens (tertiary/aromatic N) is 2. The van der Waals surface area contributed by atoms with E-state index in [2.05, 4.69) is 65.7 Å². The summed E-state index contributed by atoms with van der Waals surface area (Å²) in [6.45, 7) is 2.01. The van der Waals surface area contributed by atoms with Crippen LogP contribution in [0.4, 0.5) is 5.69 Å². The van der Waals surface area contributed by atoms with Crippen LogP contribution in [0.1, 0.15) is 17.8 Å². The number of anilines is 1. The molecule has 2 aliphatic rings. The molecular weight excluding hydrogens is 314 g/mol. The third-order valence-corrected chi connectivity index (χ3v) is 6.37. The van der Waals surface area contributed by atoms with E-state index < -0.39 is 0 Å². The summed E-state index contributed by atoms with van der Waals surface area (Å²) in [5, 5.41) is 4.81. The van der Waals surface area contributed by atoms with Gasteiger partial charge in [-0.2, -0.15) is 0 Å². The van der Waals surface area contributed by atoms with Crippen LogP contribution in [0.15, 0.2) is 42.6 Å². The molecule has 1 N–H and O–H groups in total. The van der Waals surface area contributed by atoms with E-state index in [4.69, 9.17) is 0 Å². The number of nitrogens with one attached hydrogen (secondary N) is 1. The van der Waals surface area contributed by atoms with Crippen molar-refractivity contribution < 1.29 is 0 Å². The fraction of sp³-hybridized carbons (Fsp3) is 0.450. The Labute approximate surface area is 148 Å². The minimum absolute atomic E-state index is 0.824. The number of benzene rings is 1. The van der Waals surface area contributed by atoms with Gasteiger partial charge in [-0.25, -0.2) is 4.98 Å². The zero-order chi connectivity index (χ0) is 16.5. The van der Waals surface area contributed by atoms with Gasteiger partial charge in [0.2, 0.25) is 0 Å². The van der Waals surface area contributed by atoms with Crippen LogP contribution in [0.25, 0.3) is 10.4 Å². The Hall–Kier alpha value is -1.65. The number of fused-ring (bicyclic) bond motifs is 2. The van der Waals surface area contributed by atoms with E-state index in [1.165, 1.54) is 34.0 Å². The molecule has 0 amide bonds. The molecule has 3 atom stereocenters. The highest BCUT2D eigenvalue weighted by atomic mass is 32.1. The van der Waals surface area contributed by atoms with Crippen molar-refractivity contribution in [3.8, 4) is 10.4 Å². The van der Waals surface area contributed by atoms with Gasteiger partial charge in [0.05, 0.1) is 4.88 Å². The number of hydrogen-bond donors (Lipinski definition) is 1. The average Bonchev–Trinajstić information content (AvgIpc) is 3.31. The molecule has 2 aliphatic carbocycles. The highest BCUT2D eigenvalue weighted by Gasteiger charge is 2.34. The summed E-state index contributed by atoms with van der Waals surface area (Å²) >= 11 is 1.80. The lowest BCUT2D eigenvalue weighted by molar-refractivity contribution is 0.414. The maximum absolute atomic E-state index is 4.59. The van der Waals surface area contributed by atoms with Crippen LogP contribution in [0.2, 0.25) is 0 Å². The SMILES string of the molecule is CN(C)c1ccc(-c2cnc(CNCC3CC4C=CC3C4)s2)cc1. The Morgan fingerprint density at radius 3 is 2.67 bits per heavy atom. The van der Waals surface area contributed by atoms with Crippen LogP contribution in [0, 0.1) is 17.8 Å². The number of thiazole rings is 1. The second-order valence-electron chi connectivity index (χ2n) is 7.23. The van der Waals surface area contributed by atoms with Crippen LogP contribution in [-0.4, -0.2) is 25.6 Å².